The Morgan fingerprint density at radius 2 is 1.88 bits per heavy atom. The highest BCUT2D eigenvalue weighted by atomic mass is 35.5. The molecule has 0 bridgehead atoms. The number of hydrogen-bond donors (Lipinski definition) is 6. The quantitative estimate of drug-likeness (QED) is 0.173. The second-order valence-electron chi connectivity index (χ2n) is 16.0. The van der Waals surface area contributed by atoms with Gasteiger partial charge in [-0.05, 0) is 78.1 Å². The van der Waals surface area contributed by atoms with Crippen molar-refractivity contribution < 1.29 is 33.8 Å². The van der Waals surface area contributed by atoms with E-state index < -0.39 is 41.2 Å². The minimum atomic E-state index is -1.40. The number of carbonyl (C=O) groups is 4. The molecule has 6 N–H and O–H groups in total. The molecule has 5 fully saturated rings. The Balaban J connectivity index is 1.26. The fraction of sp³-hybridized carbons (Fsp3) is 0.829. The van der Waals surface area contributed by atoms with Crippen LogP contribution in [0.5, 0.6) is 0 Å². The third-order valence-corrected chi connectivity index (χ3v) is 13.0. The molecule has 14 nitrogen and oxygen atoms in total. The van der Waals surface area contributed by atoms with E-state index in [2.05, 4.69) is 26.8 Å². The second-order valence-corrected chi connectivity index (χ2v) is 17.8. The van der Waals surface area contributed by atoms with Crippen molar-refractivity contribution >= 4 is 47.2 Å². The number of methoxy groups -OCH3 is 1. The van der Waals surface area contributed by atoms with Gasteiger partial charge in [-0.25, -0.2) is 20.4 Å². The van der Waals surface area contributed by atoms with Crippen molar-refractivity contribution in [1.82, 2.24) is 36.8 Å². The smallest absolute Gasteiger partial charge is 0.408 e. The van der Waals surface area contributed by atoms with Gasteiger partial charge in [-0.1, -0.05) is 25.0 Å². The van der Waals surface area contributed by atoms with Gasteiger partial charge in [-0.2, -0.15) is 5.12 Å². The fourth-order valence-electron chi connectivity index (χ4n) is 8.49. The lowest BCUT2D eigenvalue weighted by molar-refractivity contribution is -0.145. The van der Waals surface area contributed by atoms with Gasteiger partial charge >= 0.3 is 12.1 Å². The van der Waals surface area contributed by atoms with Crippen molar-refractivity contribution in [3.8, 4) is 0 Å². The summed E-state index contributed by atoms with van der Waals surface area (Å²) >= 11 is 8.68. The molecule has 4 heterocycles. The summed E-state index contributed by atoms with van der Waals surface area (Å²) in [7, 11) is 1.71. The fourth-order valence-corrected chi connectivity index (χ4v) is 10.1. The van der Waals surface area contributed by atoms with Gasteiger partial charge in [0.15, 0.2) is 0 Å². The lowest BCUT2D eigenvalue weighted by atomic mass is 9.80. The predicted molar refractivity (Wildman–Crippen MR) is 194 cm³/mol. The number of halogens is 1. The summed E-state index contributed by atoms with van der Waals surface area (Å²) in [6, 6.07) is -2.09. The molecule has 3 amide bonds. The Labute approximate surface area is 310 Å². The minimum Gasteiger partial charge on any atom is -0.479 e. The normalized spacial score (nSPS) is 40.4. The zero-order valence-electron chi connectivity index (χ0n) is 30.2. The van der Waals surface area contributed by atoms with Crippen LogP contribution in [-0.2, 0) is 23.9 Å². The number of nitrogens with one attached hydrogen (secondary N) is 5. The number of alkyl carbamates (subject to hydrolysis) is 1. The number of ether oxygens (including phenoxy) is 2. The number of carboxylic acids is 1. The van der Waals surface area contributed by atoms with Crippen LogP contribution >= 0.6 is 23.4 Å². The van der Waals surface area contributed by atoms with E-state index in [1.807, 2.05) is 29.0 Å². The van der Waals surface area contributed by atoms with Gasteiger partial charge in [0.1, 0.15) is 23.2 Å². The van der Waals surface area contributed by atoms with Crippen LogP contribution in [0.2, 0.25) is 0 Å². The van der Waals surface area contributed by atoms with E-state index in [4.69, 9.17) is 21.1 Å². The van der Waals surface area contributed by atoms with E-state index in [1.54, 1.807) is 27.9 Å². The van der Waals surface area contributed by atoms with Gasteiger partial charge in [0.2, 0.25) is 11.8 Å². The molecule has 16 heteroatoms. The first-order valence-electron chi connectivity index (χ1n) is 18.6. The summed E-state index contributed by atoms with van der Waals surface area (Å²) in [5.41, 5.74) is 5.29. The van der Waals surface area contributed by atoms with E-state index in [9.17, 15) is 24.3 Å². The Kier molecular flexibility index (Phi) is 12.2. The van der Waals surface area contributed by atoms with E-state index in [0.717, 1.165) is 50.8 Å². The Morgan fingerprint density at radius 1 is 1.10 bits per heavy atom. The van der Waals surface area contributed by atoms with Crippen molar-refractivity contribution in [2.75, 3.05) is 26.0 Å². The number of aliphatic carboxylic acids is 1. The monoisotopic (exact) mass is 753 g/mol. The molecule has 6 rings (SSSR count). The van der Waals surface area contributed by atoms with Gasteiger partial charge in [0, 0.05) is 37.9 Å². The first-order valence-corrected chi connectivity index (χ1v) is 20.1. The molecule has 2 saturated carbocycles. The number of carbonyl (C=O) groups excluding carboxylic acids is 3. The summed E-state index contributed by atoms with van der Waals surface area (Å²) in [5.74, 6) is -0.993. The molecule has 0 radical (unpaired) electrons. The number of nitrogens with zero attached hydrogens (tertiary/aromatic N) is 2. The van der Waals surface area contributed by atoms with E-state index in [-0.39, 0.29) is 65.7 Å². The molecule has 286 valence electrons. The molecule has 0 spiro atoms. The standard InChI is InChI=1S/C35H56ClN7O7S/c1-34(2,3)50-33(48)38-24-11-9-7-5-6-8-10-21-18-35(21,32(46)47)39-29(44)25-17-22(19-42(25)31(24)45)43-40-27(28(41-43)30-37-14-15-51-30)20-12-13-26(49-4)23(36)16-20/h8,10,20-28,30,37,40-41H,5-7,9,11-19H2,1-4H3,(H,38,48)(H,39,44)(H,46,47)/b10-8-/t20?,21-,22+,23?,24+,25+,26?,27?,28?,30?,35-/m1/s1. The van der Waals surface area contributed by atoms with Crippen LogP contribution in [0.3, 0.4) is 0 Å². The van der Waals surface area contributed by atoms with Gasteiger partial charge < -0.3 is 35.4 Å². The lowest BCUT2D eigenvalue weighted by Crippen LogP contribution is -2.56. The lowest BCUT2D eigenvalue weighted by Gasteiger charge is -2.37. The average Bonchev–Trinajstić information content (AvgIpc) is 3.52. The molecule has 0 aromatic heterocycles. The highest BCUT2D eigenvalue weighted by molar-refractivity contribution is 8.00. The summed E-state index contributed by atoms with van der Waals surface area (Å²) < 4.78 is 11.2. The molecule has 6 aliphatic rings. The van der Waals surface area contributed by atoms with Crippen LogP contribution < -0.4 is 26.8 Å². The first kappa shape index (κ1) is 38.6. The highest BCUT2D eigenvalue weighted by Gasteiger charge is 2.62. The number of hydrogen-bond acceptors (Lipinski definition) is 11. The zero-order valence-corrected chi connectivity index (χ0v) is 31.8. The zero-order chi connectivity index (χ0) is 36.5. The molecular formula is C35H56ClN7O7S. The molecule has 0 aromatic carbocycles. The van der Waals surface area contributed by atoms with Crippen LogP contribution in [0.4, 0.5) is 4.79 Å². The predicted octanol–water partition coefficient (Wildman–Crippen LogP) is 2.48. The maximum atomic E-state index is 14.5. The highest BCUT2D eigenvalue weighted by Crippen LogP contribution is 2.45. The molecule has 3 saturated heterocycles. The summed E-state index contributed by atoms with van der Waals surface area (Å²) in [4.78, 5) is 55.8. The van der Waals surface area contributed by atoms with E-state index in [0.29, 0.717) is 19.3 Å². The van der Waals surface area contributed by atoms with Crippen molar-refractivity contribution in [2.24, 2.45) is 11.8 Å². The number of allylic oxidation sites excluding steroid dienone is 1. The van der Waals surface area contributed by atoms with Gasteiger partial charge in [-0.15, -0.1) is 23.4 Å². The Bertz CT molecular complexity index is 1330. The number of alkyl halides is 1. The largest absolute Gasteiger partial charge is 0.479 e. The number of carboxylic acid groups (broad SMARTS) is 1. The summed E-state index contributed by atoms with van der Waals surface area (Å²) in [5, 5.41) is 21.6. The van der Waals surface area contributed by atoms with Gasteiger partial charge in [-0.3, -0.25) is 9.59 Å². The molecule has 11 atom stereocenters. The van der Waals surface area contributed by atoms with Crippen molar-refractivity contribution in [3.05, 3.63) is 12.2 Å². The van der Waals surface area contributed by atoms with Crippen molar-refractivity contribution in [1.29, 1.82) is 0 Å². The van der Waals surface area contributed by atoms with Gasteiger partial charge in [0.25, 0.3) is 0 Å². The number of hydrazine groups is 2. The molecule has 51 heavy (non-hydrogen) atoms. The number of fused-ring (bicyclic) bond motifs is 2. The van der Waals surface area contributed by atoms with E-state index >= 15 is 0 Å². The third-order valence-electron chi connectivity index (χ3n) is 11.3. The molecule has 2 aliphatic carbocycles. The number of rotatable bonds is 6. The minimum absolute atomic E-state index is 0.0198. The van der Waals surface area contributed by atoms with Crippen molar-refractivity contribution in [3.63, 3.8) is 0 Å². The maximum absolute atomic E-state index is 14.5. The van der Waals surface area contributed by atoms with Crippen LogP contribution in [-0.4, -0.2) is 123 Å². The van der Waals surface area contributed by atoms with Crippen molar-refractivity contribution in [2.45, 2.75) is 143 Å². The third kappa shape index (κ3) is 8.81. The molecular weight excluding hydrogens is 698 g/mol. The molecule has 6 unspecified atom stereocenters. The molecule has 0 aromatic rings. The number of thioether (sulfide) groups is 1. The average molecular weight is 754 g/mol. The SMILES string of the molecule is COC1CCC(C2NN([C@H]3C[C@H]4C(=O)N[C@]5(C(=O)O)C[C@H]5/C=C\CCCCC[C@H](NC(=O)OC(C)(C)C)C(=O)N4C3)NC2C2NCCS2)CC1Cl. The van der Waals surface area contributed by atoms with E-state index in [1.165, 1.54) is 4.90 Å². The summed E-state index contributed by atoms with van der Waals surface area (Å²) in [6.07, 6.45) is 9.93. The topological polar surface area (TPSA) is 174 Å². The second kappa shape index (κ2) is 16.1. The Morgan fingerprint density at radius 3 is 2.57 bits per heavy atom. The van der Waals surface area contributed by atoms with Gasteiger partial charge in [0.05, 0.1) is 28.9 Å². The van der Waals surface area contributed by atoms with Crippen LogP contribution in [0.15, 0.2) is 12.2 Å². The van der Waals surface area contributed by atoms with Crippen LogP contribution in [0.25, 0.3) is 0 Å². The first-order chi connectivity index (χ1) is 24.3. The maximum Gasteiger partial charge on any atom is 0.408 e. The summed E-state index contributed by atoms with van der Waals surface area (Å²) in [6.45, 7) is 6.40. The van der Waals surface area contributed by atoms with Crippen LogP contribution in [0.1, 0.15) is 85.0 Å². The molecule has 4 aliphatic heterocycles. The van der Waals surface area contributed by atoms with Crippen LogP contribution in [0, 0.1) is 11.8 Å². The number of amides is 3. The Hall–Kier alpha value is -2.14.